The van der Waals surface area contributed by atoms with Gasteiger partial charge >= 0.3 is 0 Å². The van der Waals surface area contributed by atoms with Gasteiger partial charge in [-0.3, -0.25) is 0 Å². The van der Waals surface area contributed by atoms with Crippen LogP contribution in [0.1, 0.15) is 106 Å². The molecule has 53 heavy (non-hydrogen) atoms. The molecular formula is C53H56. The Kier molecular flexibility index (Phi) is 10.2. The van der Waals surface area contributed by atoms with E-state index < -0.39 is 0 Å². The van der Waals surface area contributed by atoms with Crippen molar-refractivity contribution in [2.75, 3.05) is 0 Å². The summed E-state index contributed by atoms with van der Waals surface area (Å²) in [7, 11) is 0. The molecule has 0 nitrogen and oxygen atoms in total. The molecule has 0 amide bonds. The predicted octanol–water partition coefficient (Wildman–Crippen LogP) is 14.6. The van der Waals surface area contributed by atoms with Crippen LogP contribution < -0.4 is 0 Å². The molecule has 0 aliphatic heterocycles. The van der Waals surface area contributed by atoms with Crippen LogP contribution in [0.5, 0.6) is 0 Å². The molecule has 3 aliphatic rings. The highest BCUT2D eigenvalue weighted by Gasteiger charge is 2.37. The second kappa shape index (κ2) is 14.8. The summed E-state index contributed by atoms with van der Waals surface area (Å²) in [4.78, 5) is 0. The van der Waals surface area contributed by atoms with E-state index in [0.717, 1.165) is 12.8 Å². The molecular weight excluding hydrogens is 637 g/mol. The molecule has 3 aliphatic carbocycles. The molecule has 5 aromatic rings. The van der Waals surface area contributed by atoms with Crippen molar-refractivity contribution < 1.29 is 0 Å². The van der Waals surface area contributed by atoms with Crippen LogP contribution in [0.4, 0.5) is 0 Å². The third-order valence-electron chi connectivity index (χ3n) is 12.3. The quantitative estimate of drug-likeness (QED) is 0.161. The van der Waals surface area contributed by atoms with Gasteiger partial charge in [0.1, 0.15) is 0 Å². The zero-order chi connectivity index (χ0) is 37.4. The van der Waals surface area contributed by atoms with Crippen LogP contribution in [0.25, 0.3) is 33.0 Å². The van der Waals surface area contributed by atoms with E-state index in [0.29, 0.717) is 11.8 Å². The lowest BCUT2D eigenvalue weighted by atomic mass is 9.77. The number of benzene rings is 5. The molecule has 0 fully saturated rings. The topological polar surface area (TPSA) is 0 Å². The van der Waals surface area contributed by atoms with Crippen LogP contribution in [-0.4, -0.2) is 0 Å². The molecule has 0 radical (unpaired) electrons. The summed E-state index contributed by atoms with van der Waals surface area (Å²) in [5, 5.41) is 2.75. The zero-order valence-corrected chi connectivity index (χ0v) is 33.2. The van der Waals surface area contributed by atoms with Crippen molar-refractivity contribution in [1.29, 1.82) is 0 Å². The highest BCUT2D eigenvalue weighted by molar-refractivity contribution is 6.04. The van der Waals surface area contributed by atoms with Gasteiger partial charge in [-0.25, -0.2) is 0 Å². The summed E-state index contributed by atoms with van der Waals surface area (Å²) in [5.74, 6) is 1.27. The molecule has 0 N–H and O–H groups in total. The SMILES string of the molecule is C=C/C(C)=C(\C(C)=C/C)c1ccc2c(c1)C(C)(C)c1cc(Cc3ccc4c(c3)CC(C)C3=C4C=CC(C)CC3)c3ccccc3c1-2.Cc1ccccc1. The second-order valence-corrected chi connectivity index (χ2v) is 16.4. The number of aryl methyl sites for hydroxylation is 1. The van der Waals surface area contributed by atoms with Gasteiger partial charge in [0.05, 0.1) is 0 Å². The molecule has 268 valence electrons. The third kappa shape index (κ3) is 6.86. The lowest BCUT2D eigenvalue weighted by Gasteiger charge is -2.27. The molecule has 5 aromatic carbocycles. The molecule has 0 aromatic heterocycles. The van der Waals surface area contributed by atoms with Crippen LogP contribution in [0.15, 0.2) is 145 Å². The Morgan fingerprint density at radius 2 is 1.55 bits per heavy atom. The Morgan fingerprint density at radius 1 is 0.830 bits per heavy atom. The average Bonchev–Trinajstić information content (AvgIpc) is 3.25. The van der Waals surface area contributed by atoms with Crippen molar-refractivity contribution in [2.45, 2.75) is 86.5 Å². The molecule has 0 heterocycles. The zero-order valence-electron chi connectivity index (χ0n) is 33.2. The van der Waals surface area contributed by atoms with Crippen LogP contribution in [0.3, 0.4) is 0 Å². The van der Waals surface area contributed by atoms with E-state index in [2.05, 4.69) is 159 Å². The first kappa shape index (κ1) is 36.4. The minimum atomic E-state index is -0.104. The van der Waals surface area contributed by atoms with Gasteiger partial charge in [-0.15, -0.1) is 0 Å². The highest BCUT2D eigenvalue weighted by Crippen LogP contribution is 2.53. The van der Waals surface area contributed by atoms with E-state index in [1.165, 1.54) is 102 Å². The summed E-state index contributed by atoms with van der Waals surface area (Å²) in [6, 6.07) is 36.4. The first-order valence-electron chi connectivity index (χ1n) is 19.7. The Balaban J connectivity index is 0.000000559. The summed E-state index contributed by atoms with van der Waals surface area (Å²) >= 11 is 0. The van der Waals surface area contributed by atoms with E-state index in [1.807, 2.05) is 24.3 Å². The fourth-order valence-electron chi connectivity index (χ4n) is 9.12. The largest absolute Gasteiger partial charge is 0.0988 e. The first-order chi connectivity index (χ1) is 25.5. The summed E-state index contributed by atoms with van der Waals surface area (Å²) in [5.41, 5.74) is 20.9. The lowest BCUT2D eigenvalue weighted by Crippen LogP contribution is -2.16. The molecule has 0 bridgehead atoms. The maximum absolute atomic E-state index is 4.10. The first-order valence-corrected chi connectivity index (χ1v) is 19.7. The molecule has 8 rings (SSSR count). The number of hydrogen-bond acceptors (Lipinski definition) is 0. The standard InChI is InChI=1S/C46H48.C7H8/c1-9-29(4)44(30(5)10-2)33-18-22-41-42(26-33)46(7,8)43-27-35(37-13-11-12-14-40(37)45(41)43)25-32-17-21-38-34(24-32)23-31(6)36-19-15-28(3)16-20-39(36)38;1-7-5-3-2-4-6-7/h9-14,16-18,20-22,24,26-28,31H,1,15,19,23,25H2,2-8H3;2-6H,1H3/b30-10-,44-29+;. The van der Waals surface area contributed by atoms with Crippen LogP contribution in [0.2, 0.25) is 0 Å². The van der Waals surface area contributed by atoms with E-state index in [4.69, 9.17) is 0 Å². The Bertz CT molecular complexity index is 2330. The summed E-state index contributed by atoms with van der Waals surface area (Å²) in [6.07, 6.45) is 13.6. The smallest absolute Gasteiger partial charge is 0.0159 e. The van der Waals surface area contributed by atoms with Crippen molar-refractivity contribution in [1.82, 2.24) is 0 Å². The van der Waals surface area contributed by atoms with Gasteiger partial charge in [-0.1, -0.05) is 161 Å². The minimum Gasteiger partial charge on any atom is -0.0988 e. The number of fused-ring (bicyclic) bond motifs is 7. The van der Waals surface area contributed by atoms with Crippen molar-refractivity contribution in [2.24, 2.45) is 11.8 Å². The summed E-state index contributed by atoms with van der Waals surface area (Å²) < 4.78 is 0. The van der Waals surface area contributed by atoms with Crippen molar-refractivity contribution in [3.63, 3.8) is 0 Å². The van der Waals surface area contributed by atoms with E-state index in [1.54, 1.807) is 5.57 Å². The van der Waals surface area contributed by atoms with E-state index in [9.17, 15) is 0 Å². The highest BCUT2D eigenvalue weighted by atomic mass is 14.4. The summed E-state index contributed by atoms with van der Waals surface area (Å²) in [6.45, 7) is 22.3. The number of rotatable bonds is 5. The molecule has 0 saturated heterocycles. The fourth-order valence-corrected chi connectivity index (χ4v) is 9.12. The van der Waals surface area contributed by atoms with Gasteiger partial charge in [-0.2, -0.15) is 0 Å². The maximum Gasteiger partial charge on any atom is 0.0159 e. The molecule has 0 saturated carbocycles. The Labute approximate surface area is 319 Å². The number of allylic oxidation sites excluding steroid dienone is 9. The minimum absolute atomic E-state index is 0.104. The monoisotopic (exact) mass is 692 g/mol. The van der Waals surface area contributed by atoms with Gasteiger partial charge in [-0.05, 0) is 154 Å². The van der Waals surface area contributed by atoms with Crippen molar-refractivity contribution >= 4 is 21.9 Å². The average molecular weight is 693 g/mol. The van der Waals surface area contributed by atoms with Crippen LogP contribution >= 0.6 is 0 Å². The third-order valence-corrected chi connectivity index (χ3v) is 12.3. The molecule has 2 unspecified atom stereocenters. The van der Waals surface area contributed by atoms with Crippen LogP contribution in [0, 0.1) is 18.8 Å². The van der Waals surface area contributed by atoms with Gasteiger partial charge in [0, 0.05) is 5.41 Å². The fraction of sp³-hybridized carbons (Fsp3) is 0.283. The van der Waals surface area contributed by atoms with Gasteiger partial charge in [0.25, 0.3) is 0 Å². The van der Waals surface area contributed by atoms with Crippen molar-refractivity contribution in [3.8, 4) is 11.1 Å². The molecule has 0 spiro atoms. The Morgan fingerprint density at radius 3 is 2.25 bits per heavy atom. The second-order valence-electron chi connectivity index (χ2n) is 16.4. The Hall–Kier alpha value is -4.94. The lowest BCUT2D eigenvalue weighted by molar-refractivity contribution is 0.581. The predicted molar refractivity (Wildman–Crippen MR) is 231 cm³/mol. The maximum atomic E-state index is 4.10. The molecule has 0 heteroatoms. The van der Waals surface area contributed by atoms with Gasteiger partial charge < -0.3 is 0 Å². The number of hydrogen-bond donors (Lipinski definition) is 0. The molecule has 2 atom stereocenters. The van der Waals surface area contributed by atoms with Crippen LogP contribution in [-0.2, 0) is 18.3 Å². The van der Waals surface area contributed by atoms with Gasteiger partial charge in [0.2, 0.25) is 0 Å². The van der Waals surface area contributed by atoms with Gasteiger partial charge in [0.15, 0.2) is 0 Å². The van der Waals surface area contributed by atoms with E-state index >= 15 is 0 Å². The van der Waals surface area contributed by atoms with Crippen molar-refractivity contribution in [3.05, 3.63) is 189 Å². The normalized spacial score (nSPS) is 18.9. The van der Waals surface area contributed by atoms with E-state index in [-0.39, 0.29) is 5.41 Å².